The van der Waals surface area contributed by atoms with Crippen LogP contribution >= 0.6 is 0 Å². The molecule has 0 fully saturated rings. The summed E-state index contributed by atoms with van der Waals surface area (Å²) in [7, 11) is 0. The number of nitrogens with zero attached hydrogens (tertiary/aromatic N) is 3. The average molecular weight is 256 g/mol. The third-order valence-electron chi connectivity index (χ3n) is 3.49. The van der Waals surface area contributed by atoms with Gasteiger partial charge in [-0.1, -0.05) is 42.5 Å². The molecule has 1 radical (unpaired) electrons. The second kappa shape index (κ2) is 4.38. The van der Waals surface area contributed by atoms with Crippen molar-refractivity contribution < 1.29 is 0 Å². The average Bonchev–Trinajstić information content (AvgIpc) is 2.53. The third-order valence-corrected chi connectivity index (χ3v) is 3.49. The van der Waals surface area contributed by atoms with E-state index in [0.717, 1.165) is 11.1 Å². The third kappa shape index (κ3) is 1.72. The fraction of sp³-hybridized carbons (Fsp3) is 0. The summed E-state index contributed by atoms with van der Waals surface area (Å²) in [6.07, 6.45) is 4.59. The maximum absolute atomic E-state index is 3.84. The second-order valence-electron chi connectivity index (χ2n) is 4.69. The molecule has 4 aromatic rings. The molecule has 0 N–H and O–H groups in total. The standard InChI is InChI=1S/C17H10N3/c1-2-5-13-9-17-14(8-12(13)4-1)6-3-7-16(17)15-10-18-20-19-11-15/h1-10H. The van der Waals surface area contributed by atoms with Gasteiger partial charge in [-0.25, -0.2) is 0 Å². The summed E-state index contributed by atoms with van der Waals surface area (Å²) in [4.78, 5) is 0. The first-order valence-electron chi connectivity index (χ1n) is 6.40. The van der Waals surface area contributed by atoms with E-state index in [9.17, 15) is 0 Å². The van der Waals surface area contributed by atoms with Gasteiger partial charge in [0.15, 0.2) is 0 Å². The lowest BCUT2D eigenvalue weighted by Gasteiger charge is -2.07. The molecule has 0 aliphatic rings. The van der Waals surface area contributed by atoms with Crippen LogP contribution in [0.4, 0.5) is 0 Å². The Kier molecular flexibility index (Phi) is 2.42. The van der Waals surface area contributed by atoms with E-state index in [1.807, 2.05) is 6.07 Å². The molecule has 1 heterocycles. The Morgan fingerprint density at radius 2 is 1.60 bits per heavy atom. The maximum Gasteiger partial charge on any atom is 0.125 e. The molecule has 0 aliphatic carbocycles. The molecule has 0 amide bonds. The Labute approximate surface area is 115 Å². The van der Waals surface area contributed by atoms with Crippen LogP contribution in [0.25, 0.3) is 32.7 Å². The molecule has 0 saturated heterocycles. The Morgan fingerprint density at radius 3 is 2.40 bits per heavy atom. The quantitative estimate of drug-likeness (QED) is 0.488. The van der Waals surface area contributed by atoms with E-state index in [4.69, 9.17) is 0 Å². The van der Waals surface area contributed by atoms with E-state index in [1.54, 1.807) is 6.20 Å². The van der Waals surface area contributed by atoms with Crippen LogP contribution < -0.4 is 0 Å². The Balaban J connectivity index is 2.09. The molecular weight excluding hydrogens is 246 g/mol. The van der Waals surface area contributed by atoms with Crippen molar-refractivity contribution in [3.63, 3.8) is 0 Å². The molecule has 0 atom stereocenters. The SMILES string of the molecule is [c]1nnncc1-c1cccc2cc3ccccc3cc12. The van der Waals surface area contributed by atoms with Crippen molar-refractivity contribution >= 4 is 21.5 Å². The van der Waals surface area contributed by atoms with Gasteiger partial charge in [-0.3, -0.25) is 0 Å². The van der Waals surface area contributed by atoms with E-state index in [1.165, 1.54) is 21.5 Å². The van der Waals surface area contributed by atoms with Gasteiger partial charge in [0.2, 0.25) is 0 Å². The van der Waals surface area contributed by atoms with E-state index in [-0.39, 0.29) is 0 Å². The molecule has 1 aromatic heterocycles. The van der Waals surface area contributed by atoms with Gasteiger partial charge in [0.1, 0.15) is 6.20 Å². The molecule has 0 aliphatic heterocycles. The van der Waals surface area contributed by atoms with Crippen molar-refractivity contribution in [3.8, 4) is 11.1 Å². The van der Waals surface area contributed by atoms with Crippen molar-refractivity contribution in [3.05, 3.63) is 67.0 Å². The fourth-order valence-electron chi connectivity index (χ4n) is 2.55. The lowest BCUT2D eigenvalue weighted by molar-refractivity contribution is 0.862. The van der Waals surface area contributed by atoms with Gasteiger partial charge >= 0.3 is 0 Å². The van der Waals surface area contributed by atoms with Crippen LogP contribution in [0.5, 0.6) is 0 Å². The first kappa shape index (κ1) is 11.1. The van der Waals surface area contributed by atoms with Gasteiger partial charge in [0.05, 0.1) is 6.20 Å². The number of hydrogen-bond donors (Lipinski definition) is 0. The smallest absolute Gasteiger partial charge is 0.125 e. The monoisotopic (exact) mass is 256 g/mol. The number of benzene rings is 3. The second-order valence-corrected chi connectivity index (χ2v) is 4.69. The zero-order valence-electron chi connectivity index (χ0n) is 10.6. The normalized spacial score (nSPS) is 11.0. The molecule has 0 saturated carbocycles. The zero-order chi connectivity index (χ0) is 13.4. The number of hydrogen-bond acceptors (Lipinski definition) is 3. The van der Waals surface area contributed by atoms with E-state index in [0.29, 0.717) is 0 Å². The van der Waals surface area contributed by atoms with Crippen LogP contribution in [0.1, 0.15) is 0 Å². The Bertz CT molecular complexity index is 901. The molecule has 0 bridgehead atoms. The predicted molar refractivity (Wildman–Crippen MR) is 79.1 cm³/mol. The lowest BCUT2D eigenvalue weighted by Crippen LogP contribution is -1.89. The van der Waals surface area contributed by atoms with Crippen LogP contribution in [0.3, 0.4) is 0 Å². The van der Waals surface area contributed by atoms with Crippen molar-refractivity contribution in [2.75, 3.05) is 0 Å². The van der Waals surface area contributed by atoms with Crippen LogP contribution in [0.2, 0.25) is 0 Å². The number of aromatic nitrogens is 3. The molecule has 3 aromatic carbocycles. The minimum absolute atomic E-state index is 0.862. The van der Waals surface area contributed by atoms with E-state index >= 15 is 0 Å². The van der Waals surface area contributed by atoms with Crippen LogP contribution in [-0.2, 0) is 0 Å². The highest BCUT2D eigenvalue weighted by atomic mass is 15.3. The molecule has 3 heteroatoms. The van der Waals surface area contributed by atoms with Gasteiger partial charge in [0, 0.05) is 5.56 Å². The summed E-state index contributed by atoms with van der Waals surface area (Å²) in [5, 5.41) is 16.0. The summed E-state index contributed by atoms with van der Waals surface area (Å²) in [6, 6.07) is 19.0. The van der Waals surface area contributed by atoms with E-state index < -0.39 is 0 Å². The first-order valence-corrected chi connectivity index (χ1v) is 6.40. The minimum atomic E-state index is 0.862. The lowest BCUT2D eigenvalue weighted by atomic mass is 9.97. The Morgan fingerprint density at radius 1 is 0.800 bits per heavy atom. The number of rotatable bonds is 1. The van der Waals surface area contributed by atoms with Gasteiger partial charge in [-0.15, -0.1) is 10.2 Å². The highest BCUT2D eigenvalue weighted by Gasteiger charge is 2.06. The van der Waals surface area contributed by atoms with Gasteiger partial charge in [0.25, 0.3) is 0 Å². The molecule has 0 unspecified atom stereocenters. The maximum atomic E-state index is 3.84. The molecule has 20 heavy (non-hydrogen) atoms. The largest absolute Gasteiger partial charge is 0.138 e. The molecule has 3 nitrogen and oxygen atoms in total. The van der Waals surface area contributed by atoms with Crippen molar-refractivity contribution in [2.24, 2.45) is 0 Å². The summed E-state index contributed by atoms with van der Waals surface area (Å²) in [5.41, 5.74) is 1.94. The summed E-state index contributed by atoms with van der Waals surface area (Å²) in [5.74, 6) is 0. The minimum Gasteiger partial charge on any atom is -0.138 e. The van der Waals surface area contributed by atoms with Crippen LogP contribution in [0.15, 0.2) is 60.8 Å². The zero-order valence-corrected chi connectivity index (χ0v) is 10.6. The van der Waals surface area contributed by atoms with Gasteiger partial charge in [-0.05, 0) is 44.5 Å². The molecule has 0 spiro atoms. The van der Waals surface area contributed by atoms with Crippen molar-refractivity contribution in [1.82, 2.24) is 15.4 Å². The van der Waals surface area contributed by atoms with Crippen molar-refractivity contribution in [2.45, 2.75) is 0 Å². The summed E-state index contributed by atoms with van der Waals surface area (Å²) in [6.45, 7) is 0. The summed E-state index contributed by atoms with van der Waals surface area (Å²) >= 11 is 0. The summed E-state index contributed by atoms with van der Waals surface area (Å²) < 4.78 is 0. The van der Waals surface area contributed by atoms with Crippen LogP contribution in [0, 0.1) is 6.20 Å². The highest BCUT2D eigenvalue weighted by Crippen LogP contribution is 2.30. The van der Waals surface area contributed by atoms with Crippen LogP contribution in [-0.4, -0.2) is 15.4 Å². The predicted octanol–water partition coefficient (Wildman–Crippen LogP) is 3.65. The van der Waals surface area contributed by atoms with Gasteiger partial charge in [-0.2, -0.15) is 0 Å². The number of fused-ring (bicyclic) bond motifs is 2. The Hall–Kier alpha value is -2.81. The van der Waals surface area contributed by atoms with Gasteiger partial charge < -0.3 is 0 Å². The molecular formula is C17H10N3. The van der Waals surface area contributed by atoms with E-state index in [2.05, 4.69) is 70.1 Å². The fourth-order valence-corrected chi connectivity index (χ4v) is 2.55. The first-order chi connectivity index (χ1) is 9.92. The highest BCUT2D eigenvalue weighted by molar-refractivity contribution is 6.04. The molecule has 93 valence electrons. The van der Waals surface area contributed by atoms with Crippen molar-refractivity contribution in [1.29, 1.82) is 0 Å². The molecule has 4 rings (SSSR count). The topological polar surface area (TPSA) is 38.7 Å².